The number of aryl methyl sites for hydroxylation is 1. The van der Waals surface area contributed by atoms with Crippen LogP contribution in [0.4, 0.5) is 27.3 Å². The molecule has 2 saturated heterocycles. The molecular formula is C56H66ClN9O7S4Si. The predicted molar refractivity (Wildman–Crippen MR) is 318 cm³/mol. The van der Waals surface area contributed by atoms with E-state index in [2.05, 4.69) is 121 Å². The lowest BCUT2D eigenvalue weighted by atomic mass is 9.99. The van der Waals surface area contributed by atoms with Gasteiger partial charge in [-0.1, -0.05) is 93.0 Å². The molecule has 2 fully saturated rings. The summed E-state index contributed by atoms with van der Waals surface area (Å²) in [6.07, 6.45) is 5.00. The van der Waals surface area contributed by atoms with E-state index in [0.29, 0.717) is 41.5 Å². The van der Waals surface area contributed by atoms with E-state index in [1.807, 2.05) is 37.3 Å². The van der Waals surface area contributed by atoms with Crippen LogP contribution in [0.3, 0.4) is 0 Å². The number of fused-ring (bicyclic) bond motifs is 1. The molecule has 4 N–H and O–H groups in total. The summed E-state index contributed by atoms with van der Waals surface area (Å²) >= 11 is 8.65. The fraction of sp³-hybridized carbons (Fsp3) is 0.339. The van der Waals surface area contributed by atoms with Crippen LogP contribution in [-0.2, 0) is 35.7 Å². The highest BCUT2D eigenvalue weighted by Gasteiger charge is 2.50. The molecule has 1 amide bonds. The average molecular weight is 1170 g/mol. The molecule has 2 aromatic heterocycles. The van der Waals surface area contributed by atoms with Crippen molar-refractivity contribution in [1.82, 2.24) is 20.2 Å². The molecule has 0 aliphatic carbocycles. The van der Waals surface area contributed by atoms with Crippen molar-refractivity contribution in [3.8, 4) is 0 Å². The molecule has 5 aromatic carbocycles. The fourth-order valence-electron chi connectivity index (χ4n) is 10.6. The number of aliphatic hydroxyl groups excluding tert-OH is 1. The van der Waals surface area contributed by atoms with Crippen molar-refractivity contribution < 1.29 is 31.2 Å². The number of hydrogen-bond acceptors (Lipinski definition) is 15. The first-order valence-corrected chi connectivity index (χ1v) is 33.0. The highest BCUT2D eigenvalue weighted by Crippen LogP contribution is 2.37. The van der Waals surface area contributed by atoms with Crippen molar-refractivity contribution in [2.45, 2.75) is 73.5 Å². The van der Waals surface area contributed by atoms with Crippen molar-refractivity contribution in [3.63, 3.8) is 0 Å². The van der Waals surface area contributed by atoms with Crippen LogP contribution in [0.2, 0.25) is 10.1 Å². The summed E-state index contributed by atoms with van der Waals surface area (Å²) in [7, 11) is -10.0. The maximum absolute atomic E-state index is 13.6. The van der Waals surface area contributed by atoms with Crippen molar-refractivity contribution in [2.75, 3.05) is 83.2 Å². The average Bonchev–Trinajstić information content (AvgIpc) is 4.23. The Morgan fingerprint density at radius 1 is 0.769 bits per heavy atom. The number of carbonyl (C=O) groups is 1. The molecule has 10 rings (SSSR count). The van der Waals surface area contributed by atoms with Gasteiger partial charge >= 0.3 is 0 Å². The van der Waals surface area contributed by atoms with E-state index in [0.717, 1.165) is 61.6 Å². The zero-order valence-electron chi connectivity index (χ0n) is 44.0. The fourth-order valence-corrected chi connectivity index (χ4v) is 19.0. The minimum absolute atomic E-state index is 0.0128. The number of hydrogen-bond donors (Lipinski definition) is 4. The van der Waals surface area contributed by atoms with E-state index < -0.39 is 28.4 Å². The molecule has 1 unspecified atom stereocenters. The third-order valence-corrected chi connectivity index (χ3v) is 24.1. The molecule has 0 spiro atoms. The van der Waals surface area contributed by atoms with Crippen LogP contribution in [0.15, 0.2) is 160 Å². The van der Waals surface area contributed by atoms with Crippen LogP contribution in [0.5, 0.6) is 0 Å². The Bertz CT molecular complexity index is 3270. The van der Waals surface area contributed by atoms with Gasteiger partial charge in [-0.25, -0.2) is 26.8 Å². The Kier molecular flexibility index (Phi) is 18.0. The maximum Gasteiger partial charge on any atom is 0.263 e. The van der Waals surface area contributed by atoms with Crippen LogP contribution in [-0.4, -0.2) is 128 Å². The number of benzene rings is 5. The highest BCUT2D eigenvalue weighted by molar-refractivity contribution is 7.93. The van der Waals surface area contributed by atoms with Gasteiger partial charge in [-0.2, -0.15) is 0 Å². The lowest BCUT2D eigenvalue weighted by molar-refractivity contribution is -0.136. The van der Waals surface area contributed by atoms with Gasteiger partial charge in [-0.15, -0.1) is 22.7 Å². The Balaban J connectivity index is 0.000000190. The van der Waals surface area contributed by atoms with Gasteiger partial charge in [0.15, 0.2) is 10.3 Å². The Hall–Kier alpha value is -5.88. The standard InChI is InChI=1S/C30H36N4O3S2Si.C26H30ClN5O4S2/c1-30(2,3)40(27-10-6-4-7-11-27,28-12-8-5-9-13-28)37-23-24-22-34(20-18-31-24)25-14-16-26(17-15-25)39(35,36)33-29-32-19-21-38-29;1-18(31-11-2-3-19-15-20(27)4-9-24(19)31)25(34)32-13-12-30(16-22(32)17-33)21-5-7-23(8-6-21)38(35,36)29-26-28-10-14-37-26/h4-17,19,21,24,31H,18,20,22-23H2,1-3H3,(H,32,33);4-10,14-15,18,22,33H,2-3,11-13,16-17H2,1H3,(H,28,29)/t;18-,22-/m.1/s1. The number of aliphatic hydroxyl groups is 1. The summed E-state index contributed by atoms with van der Waals surface area (Å²) in [5, 5.41) is 21.1. The number of nitrogens with zero attached hydrogens (tertiary/aromatic N) is 6. The molecular weight excluding hydrogens is 1100 g/mol. The van der Waals surface area contributed by atoms with Gasteiger partial charge in [-0.05, 0) is 107 Å². The van der Waals surface area contributed by atoms with Crippen LogP contribution in [0.1, 0.15) is 39.7 Å². The first kappa shape index (κ1) is 56.8. The van der Waals surface area contributed by atoms with Crippen molar-refractivity contribution in [1.29, 1.82) is 0 Å². The number of amides is 1. The van der Waals surface area contributed by atoms with Gasteiger partial charge in [0.1, 0.15) is 6.04 Å². The molecule has 22 heteroatoms. The number of aromatic nitrogens is 2. The van der Waals surface area contributed by atoms with Gasteiger partial charge in [0.05, 0.1) is 29.0 Å². The molecule has 7 aromatic rings. The zero-order valence-corrected chi connectivity index (χ0v) is 49.1. The SMILES string of the molecule is CC(C)(C)[Si](OCC1CN(c2ccc(S(=O)(=O)Nc3nccs3)cc2)CCN1)(c1ccccc1)c1ccccc1.C[C@H](C(=O)N1CCN(c2ccc(S(=O)(=O)Nc3nccs3)cc2)C[C@@H]1CO)N1CCCc2cc(Cl)ccc21. The van der Waals surface area contributed by atoms with E-state index in [9.17, 15) is 26.7 Å². The number of sulfonamides is 2. The van der Waals surface area contributed by atoms with Crippen molar-refractivity contribution >= 4 is 106 Å². The first-order chi connectivity index (χ1) is 37.5. The Labute approximate surface area is 472 Å². The van der Waals surface area contributed by atoms with E-state index in [1.54, 1.807) is 58.3 Å². The number of nitrogens with one attached hydrogen (secondary N) is 3. The number of anilines is 5. The third kappa shape index (κ3) is 12.9. The topological polar surface area (TPSA) is 190 Å². The minimum atomic E-state index is -3.74. The summed E-state index contributed by atoms with van der Waals surface area (Å²) in [5.74, 6) is -0.0128. The first-order valence-electron chi connectivity index (χ1n) is 26.0. The number of rotatable bonds is 16. The van der Waals surface area contributed by atoms with Gasteiger partial charge in [0, 0.05) is 97.1 Å². The molecule has 5 heterocycles. The van der Waals surface area contributed by atoms with Gasteiger partial charge < -0.3 is 34.4 Å². The molecule has 3 aliphatic rings. The van der Waals surface area contributed by atoms with E-state index in [1.165, 1.54) is 39.2 Å². The number of piperazine rings is 2. The second kappa shape index (κ2) is 24.6. The van der Waals surface area contributed by atoms with Gasteiger partial charge in [0.25, 0.3) is 28.4 Å². The molecule has 0 bridgehead atoms. The lowest BCUT2D eigenvalue weighted by Gasteiger charge is -2.44. The summed E-state index contributed by atoms with van der Waals surface area (Å²) in [5.41, 5.74) is 4.02. The van der Waals surface area contributed by atoms with Crippen LogP contribution >= 0.6 is 34.3 Å². The predicted octanol–water partition coefficient (Wildman–Crippen LogP) is 7.75. The summed E-state index contributed by atoms with van der Waals surface area (Å²) in [6, 6.07) is 40.3. The van der Waals surface area contributed by atoms with Crippen LogP contribution < -0.4 is 39.8 Å². The quantitative estimate of drug-likeness (QED) is 0.0689. The zero-order chi connectivity index (χ0) is 55.1. The molecule has 78 heavy (non-hydrogen) atoms. The van der Waals surface area contributed by atoms with Crippen LogP contribution in [0.25, 0.3) is 0 Å². The molecule has 3 atom stereocenters. The van der Waals surface area contributed by atoms with Gasteiger partial charge in [-0.3, -0.25) is 14.2 Å². The number of halogens is 1. The molecule has 0 radical (unpaired) electrons. The Morgan fingerprint density at radius 3 is 1.83 bits per heavy atom. The van der Waals surface area contributed by atoms with E-state index >= 15 is 0 Å². The van der Waals surface area contributed by atoms with Crippen LogP contribution in [0, 0.1) is 0 Å². The molecule has 412 valence electrons. The third-order valence-electron chi connectivity index (χ3n) is 14.5. The van der Waals surface area contributed by atoms with Crippen molar-refractivity contribution in [3.05, 3.63) is 161 Å². The largest absolute Gasteiger partial charge is 0.406 e. The van der Waals surface area contributed by atoms with Gasteiger partial charge in [0.2, 0.25) is 5.91 Å². The number of carbonyl (C=O) groups excluding carboxylic acids is 1. The molecule has 16 nitrogen and oxygen atoms in total. The number of thiazole rings is 2. The summed E-state index contributed by atoms with van der Waals surface area (Å²) < 4.78 is 63.0. The lowest BCUT2D eigenvalue weighted by Crippen LogP contribution is -2.68. The van der Waals surface area contributed by atoms with E-state index in [4.69, 9.17) is 16.0 Å². The monoisotopic (exact) mass is 1170 g/mol. The second-order valence-electron chi connectivity index (χ2n) is 20.5. The highest BCUT2D eigenvalue weighted by atomic mass is 35.5. The maximum atomic E-state index is 13.6. The van der Waals surface area contributed by atoms with E-state index in [-0.39, 0.29) is 45.5 Å². The normalized spacial score (nSPS) is 17.6. The Morgan fingerprint density at radius 2 is 1.32 bits per heavy atom. The minimum Gasteiger partial charge on any atom is -0.406 e. The smallest absolute Gasteiger partial charge is 0.263 e. The molecule has 0 saturated carbocycles. The molecule has 3 aliphatic heterocycles. The summed E-state index contributed by atoms with van der Waals surface area (Å²) in [6.45, 7) is 13.9. The van der Waals surface area contributed by atoms with Crippen molar-refractivity contribution in [2.24, 2.45) is 0 Å². The summed E-state index contributed by atoms with van der Waals surface area (Å²) in [4.78, 5) is 30.2. The second-order valence-corrected chi connectivity index (χ2v) is 30.4.